The lowest BCUT2D eigenvalue weighted by Crippen LogP contribution is -2.39. The zero-order valence-electron chi connectivity index (χ0n) is 13.5. The zero-order valence-corrected chi connectivity index (χ0v) is 14.3. The largest absolute Gasteiger partial charge is 0.380 e. The molecule has 2 aromatic heterocycles. The van der Waals surface area contributed by atoms with E-state index in [4.69, 9.17) is 4.74 Å². The Morgan fingerprint density at radius 1 is 1.33 bits per heavy atom. The van der Waals surface area contributed by atoms with Crippen LogP contribution in [0.15, 0.2) is 36.4 Å². The summed E-state index contributed by atoms with van der Waals surface area (Å²) >= 11 is 1.44. The van der Waals surface area contributed by atoms with E-state index in [-0.39, 0.29) is 5.91 Å². The monoisotopic (exact) mass is 339 g/mol. The SMILES string of the molecule is COCc1cc(C)nc2sc3c(c12)NCN(c1ccccc1)C3=O. The minimum Gasteiger partial charge on any atom is -0.380 e. The Hall–Kier alpha value is -2.44. The highest BCUT2D eigenvalue weighted by molar-refractivity contribution is 7.21. The number of fused-ring (bicyclic) bond motifs is 3. The first-order chi connectivity index (χ1) is 11.7. The third-order valence-electron chi connectivity index (χ3n) is 4.09. The van der Waals surface area contributed by atoms with Crippen molar-refractivity contribution in [3.05, 3.63) is 52.5 Å². The van der Waals surface area contributed by atoms with Crippen LogP contribution in [0.5, 0.6) is 0 Å². The molecule has 0 fully saturated rings. The van der Waals surface area contributed by atoms with Crippen LogP contribution in [-0.2, 0) is 11.3 Å². The van der Waals surface area contributed by atoms with Gasteiger partial charge in [-0.25, -0.2) is 4.98 Å². The van der Waals surface area contributed by atoms with Gasteiger partial charge in [-0.1, -0.05) is 18.2 Å². The van der Waals surface area contributed by atoms with E-state index in [0.29, 0.717) is 18.2 Å². The lowest BCUT2D eigenvalue weighted by molar-refractivity contribution is 0.0990. The summed E-state index contributed by atoms with van der Waals surface area (Å²) in [4.78, 5) is 20.9. The molecular weight excluding hydrogens is 322 g/mol. The summed E-state index contributed by atoms with van der Waals surface area (Å²) in [6, 6.07) is 11.7. The predicted octanol–water partition coefficient (Wildman–Crippen LogP) is 3.78. The van der Waals surface area contributed by atoms with Crippen LogP contribution in [0.3, 0.4) is 0 Å². The van der Waals surface area contributed by atoms with E-state index in [0.717, 1.165) is 32.8 Å². The fourth-order valence-electron chi connectivity index (χ4n) is 3.07. The molecule has 1 aromatic carbocycles. The van der Waals surface area contributed by atoms with Crippen molar-refractivity contribution in [2.45, 2.75) is 13.5 Å². The molecule has 0 saturated heterocycles. The summed E-state index contributed by atoms with van der Waals surface area (Å²) in [5, 5.41) is 4.41. The molecule has 1 amide bonds. The number of ether oxygens (including phenoxy) is 1. The molecular formula is C18H17N3O2S. The molecule has 0 radical (unpaired) electrons. The normalized spacial score (nSPS) is 13.9. The molecule has 0 atom stereocenters. The zero-order chi connectivity index (χ0) is 16.7. The van der Waals surface area contributed by atoms with Crippen molar-refractivity contribution < 1.29 is 9.53 Å². The maximum Gasteiger partial charge on any atom is 0.272 e. The molecule has 1 aliphatic heterocycles. The summed E-state index contributed by atoms with van der Waals surface area (Å²) < 4.78 is 5.32. The van der Waals surface area contributed by atoms with Gasteiger partial charge in [0.15, 0.2) is 0 Å². The number of amides is 1. The van der Waals surface area contributed by atoms with E-state index >= 15 is 0 Å². The fraction of sp³-hybridized carbons (Fsp3) is 0.222. The molecule has 24 heavy (non-hydrogen) atoms. The second-order valence-electron chi connectivity index (χ2n) is 5.75. The van der Waals surface area contributed by atoms with E-state index in [1.165, 1.54) is 11.3 Å². The Kier molecular flexibility index (Phi) is 3.70. The standard InChI is InChI=1S/C18H17N3O2S/c1-11-8-12(9-23-2)14-15-16(24-17(14)20-11)18(22)21(10-19-15)13-6-4-3-5-7-13/h3-8,19H,9-10H2,1-2H3. The Labute approximate surface area is 143 Å². The number of hydrogen-bond acceptors (Lipinski definition) is 5. The first-order valence-electron chi connectivity index (χ1n) is 7.72. The summed E-state index contributed by atoms with van der Waals surface area (Å²) in [5.41, 5.74) is 3.76. The molecule has 0 unspecified atom stereocenters. The van der Waals surface area contributed by atoms with Crippen molar-refractivity contribution >= 4 is 38.8 Å². The van der Waals surface area contributed by atoms with Crippen LogP contribution in [0.2, 0.25) is 0 Å². The highest BCUT2D eigenvalue weighted by Gasteiger charge is 2.30. The Bertz CT molecular complexity index is 921. The van der Waals surface area contributed by atoms with Crippen molar-refractivity contribution in [2.75, 3.05) is 24.0 Å². The van der Waals surface area contributed by atoms with Gasteiger partial charge in [-0.05, 0) is 30.7 Å². The van der Waals surface area contributed by atoms with Crippen LogP contribution in [0.25, 0.3) is 10.2 Å². The van der Waals surface area contributed by atoms with Crippen LogP contribution < -0.4 is 10.2 Å². The first kappa shape index (κ1) is 15.1. The molecule has 0 spiro atoms. The molecule has 1 aliphatic rings. The third kappa shape index (κ3) is 2.35. The number of aromatic nitrogens is 1. The molecule has 5 nitrogen and oxygen atoms in total. The maximum atomic E-state index is 13.0. The molecule has 1 N–H and O–H groups in total. The van der Waals surface area contributed by atoms with Gasteiger partial charge >= 0.3 is 0 Å². The molecule has 3 heterocycles. The number of rotatable bonds is 3. The van der Waals surface area contributed by atoms with Crippen LogP contribution in [0.4, 0.5) is 11.4 Å². The smallest absolute Gasteiger partial charge is 0.272 e. The first-order valence-corrected chi connectivity index (χ1v) is 8.53. The van der Waals surface area contributed by atoms with Gasteiger partial charge in [0.1, 0.15) is 9.71 Å². The highest BCUT2D eigenvalue weighted by atomic mass is 32.1. The van der Waals surface area contributed by atoms with Crippen molar-refractivity contribution in [3.63, 3.8) is 0 Å². The van der Waals surface area contributed by atoms with Gasteiger partial charge in [0, 0.05) is 23.9 Å². The number of hydrogen-bond donors (Lipinski definition) is 1. The molecule has 6 heteroatoms. The Balaban J connectivity index is 1.84. The molecule has 4 rings (SSSR count). The van der Waals surface area contributed by atoms with E-state index in [1.54, 1.807) is 12.0 Å². The number of anilines is 2. The minimum absolute atomic E-state index is 0.0129. The van der Waals surface area contributed by atoms with E-state index in [9.17, 15) is 4.79 Å². The topological polar surface area (TPSA) is 54.5 Å². The number of carbonyl (C=O) groups excluding carboxylic acids is 1. The second-order valence-corrected chi connectivity index (χ2v) is 6.74. The van der Waals surface area contributed by atoms with Gasteiger partial charge in [0.25, 0.3) is 5.91 Å². The average Bonchev–Trinajstić information content (AvgIpc) is 2.95. The number of aryl methyl sites for hydroxylation is 1. The van der Waals surface area contributed by atoms with Crippen LogP contribution in [0, 0.1) is 6.92 Å². The van der Waals surface area contributed by atoms with Gasteiger partial charge in [-0.15, -0.1) is 11.3 Å². The number of methoxy groups -OCH3 is 1. The third-order valence-corrected chi connectivity index (χ3v) is 5.16. The number of nitrogens with one attached hydrogen (secondary N) is 1. The summed E-state index contributed by atoms with van der Waals surface area (Å²) in [7, 11) is 1.68. The number of benzene rings is 1. The van der Waals surface area contributed by atoms with E-state index in [2.05, 4.69) is 10.3 Å². The van der Waals surface area contributed by atoms with Crippen LogP contribution in [-0.4, -0.2) is 24.7 Å². The van der Waals surface area contributed by atoms with Gasteiger partial charge in [-0.3, -0.25) is 9.69 Å². The number of carbonyl (C=O) groups is 1. The molecule has 0 bridgehead atoms. The Morgan fingerprint density at radius 2 is 2.12 bits per heavy atom. The summed E-state index contributed by atoms with van der Waals surface area (Å²) in [6.07, 6.45) is 0. The quantitative estimate of drug-likeness (QED) is 0.789. The number of pyridine rings is 1. The summed E-state index contributed by atoms with van der Waals surface area (Å²) in [5.74, 6) is 0.0129. The van der Waals surface area contributed by atoms with Crippen molar-refractivity contribution in [1.29, 1.82) is 0 Å². The van der Waals surface area contributed by atoms with Crippen molar-refractivity contribution in [1.82, 2.24) is 4.98 Å². The van der Waals surface area contributed by atoms with Gasteiger partial charge in [-0.2, -0.15) is 0 Å². The van der Waals surface area contributed by atoms with Gasteiger partial charge in [0.2, 0.25) is 0 Å². The molecule has 122 valence electrons. The van der Waals surface area contributed by atoms with Gasteiger partial charge in [0.05, 0.1) is 19.0 Å². The van der Waals surface area contributed by atoms with E-state index < -0.39 is 0 Å². The lowest BCUT2D eigenvalue weighted by Gasteiger charge is -2.28. The predicted molar refractivity (Wildman–Crippen MR) is 96.8 cm³/mol. The lowest BCUT2D eigenvalue weighted by atomic mass is 10.1. The van der Waals surface area contributed by atoms with Crippen LogP contribution >= 0.6 is 11.3 Å². The molecule has 0 aliphatic carbocycles. The van der Waals surface area contributed by atoms with E-state index in [1.807, 2.05) is 43.3 Å². The molecule has 0 saturated carbocycles. The Morgan fingerprint density at radius 3 is 2.88 bits per heavy atom. The number of thiophene rings is 1. The van der Waals surface area contributed by atoms with Crippen LogP contribution in [0.1, 0.15) is 20.9 Å². The maximum absolute atomic E-state index is 13.0. The number of nitrogens with zero attached hydrogens (tertiary/aromatic N) is 2. The fourth-order valence-corrected chi connectivity index (χ4v) is 4.26. The van der Waals surface area contributed by atoms with Gasteiger partial charge < -0.3 is 10.1 Å². The minimum atomic E-state index is 0.0129. The highest BCUT2D eigenvalue weighted by Crippen LogP contribution is 2.40. The average molecular weight is 339 g/mol. The number of para-hydroxylation sites is 1. The van der Waals surface area contributed by atoms with Crippen molar-refractivity contribution in [3.8, 4) is 0 Å². The summed E-state index contributed by atoms with van der Waals surface area (Å²) in [6.45, 7) is 2.91. The molecule has 3 aromatic rings. The van der Waals surface area contributed by atoms with Crippen molar-refractivity contribution in [2.24, 2.45) is 0 Å². The second kappa shape index (κ2) is 5.89.